The second-order valence-electron chi connectivity index (χ2n) is 6.07. The van der Waals surface area contributed by atoms with Gasteiger partial charge in [-0.3, -0.25) is 4.79 Å². The van der Waals surface area contributed by atoms with E-state index >= 15 is 0 Å². The molecule has 1 fully saturated rings. The van der Waals surface area contributed by atoms with Crippen LogP contribution in [0.4, 0.5) is 13.2 Å². The maximum Gasteiger partial charge on any atom is 0.416 e. The number of nitrogens with one attached hydrogen (secondary N) is 1. The van der Waals surface area contributed by atoms with Crippen molar-refractivity contribution in [1.82, 2.24) is 9.62 Å². The summed E-state index contributed by atoms with van der Waals surface area (Å²) in [5, 5.41) is 11.4. The number of aliphatic hydroxyl groups is 1. The Labute approximate surface area is 150 Å². The zero-order valence-electron chi connectivity index (χ0n) is 14.0. The van der Waals surface area contributed by atoms with Crippen molar-refractivity contribution in [2.24, 2.45) is 5.92 Å². The fraction of sp³-hybridized carbons (Fsp3) is 0.562. The molecular weight excluding hydrogens is 373 g/mol. The van der Waals surface area contributed by atoms with Crippen molar-refractivity contribution in [3.8, 4) is 0 Å². The minimum Gasteiger partial charge on any atom is -0.396 e. The average Bonchev–Trinajstić information content (AvgIpc) is 2.61. The fourth-order valence-electron chi connectivity index (χ4n) is 2.78. The number of alkyl halides is 3. The average molecular weight is 394 g/mol. The van der Waals surface area contributed by atoms with Crippen LogP contribution in [-0.2, 0) is 21.0 Å². The summed E-state index contributed by atoms with van der Waals surface area (Å²) in [5.41, 5.74) is -1.02. The lowest BCUT2D eigenvalue weighted by Crippen LogP contribution is -2.43. The van der Waals surface area contributed by atoms with E-state index in [1.165, 1.54) is 0 Å². The molecular formula is C16H21F3N2O4S. The van der Waals surface area contributed by atoms with Crippen LogP contribution in [0.1, 0.15) is 24.8 Å². The molecule has 2 N–H and O–H groups in total. The van der Waals surface area contributed by atoms with Gasteiger partial charge in [0.1, 0.15) is 0 Å². The zero-order valence-corrected chi connectivity index (χ0v) is 14.8. The number of nitrogens with zero attached hydrogens (tertiary/aromatic N) is 1. The number of carbonyl (C=O) groups is 1. The van der Waals surface area contributed by atoms with Gasteiger partial charge in [0, 0.05) is 32.2 Å². The molecule has 146 valence electrons. The highest BCUT2D eigenvalue weighted by Crippen LogP contribution is 2.32. The summed E-state index contributed by atoms with van der Waals surface area (Å²) in [5.74, 6) is -0.545. The van der Waals surface area contributed by atoms with Crippen LogP contribution in [0.5, 0.6) is 0 Å². The molecule has 1 heterocycles. The van der Waals surface area contributed by atoms with Crippen molar-refractivity contribution in [2.75, 3.05) is 26.2 Å². The highest BCUT2D eigenvalue weighted by Gasteiger charge is 2.35. The molecule has 1 amide bonds. The molecule has 26 heavy (non-hydrogen) atoms. The van der Waals surface area contributed by atoms with E-state index in [9.17, 15) is 26.4 Å². The molecule has 6 nitrogen and oxygen atoms in total. The summed E-state index contributed by atoms with van der Waals surface area (Å²) in [6.07, 6.45) is -3.59. The summed E-state index contributed by atoms with van der Waals surface area (Å²) in [6, 6.07) is 3.65. The lowest BCUT2D eigenvalue weighted by Gasteiger charge is -2.30. The number of halogens is 3. The number of carbonyl (C=O) groups excluding carboxylic acids is 1. The van der Waals surface area contributed by atoms with Gasteiger partial charge in [0.15, 0.2) is 0 Å². The number of aliphatic hydroxyl groups excluding tert-OH is 1. The normalized spacial score (nSPS) is 17.2. The van der Waals surface area contributed by atoms with E-state index in [1.807, 2.05) is 0 Å². The predicted octanol–water partition coefficient (Wildman–Crippen LogP) is 1.60. The van der Waals surface area contributed by atoms with Crippen LogP contribution < -0.4 is 5.32 Å². The van der Waals surface area contributed by atoms with Crippen LogP contribution >= 0.6 is 0 Å². The second-order valence-corrected chi connectivity index (χ2v) is 8.01. The van der Waals surface area contributed by atoms with Gasteiger partial charge >= 0.3 is 6.18 Å². The highest BCUT2D eigenvalue weighted by atomic mass is 32.2. The molecule has 0 saturated carbocycles. The van der Waals surface area contributed by atoms with Gasteiger partial charge in [0.05, 0.1) is 10.5 Å². The minimum atomic E-state index is -4.62. The first-order valence-electron chi connectivity index (χ1n) is 8.22. The van der Waals surface area contributed by atoms with Crippen LogP contribution in [-0.4, -0.2) is 50.0 Å². The number of rotatable bonds is 6. The summed E-state index contributed by atoms with van der Waals surface area (Å²) in [7, 11) is -4.05. The highest BCUT2D eigenvalue weighted by molar-refractivity contribution is 7.89. The Morgan fingerprint density at radius 1 is 1.27 bits per heavy atom. The van der Waals surface area contributed by atoms with Gasteiger partial charge in [-0.15, -0.1) is 0 Å². The first-order chi connectivity index (χ1) is 12.2. The predicted molar refractivity (Wildman–Crippen MR) is 87.6 cm³/mol. The quantitative estimate of drug-likeness (QED) is 0.718. The minimum absolute atomic E-state index is 0.0338. The van der Waals surface area contributed by atoms with E-state index in [0.717, 1.165) is 22.5 Å². The molecule has 0 bridgehead atoms. The Kier molecular flexibility index (Phi) is 6.64. The number of amides is 1. The third kappa shape index (κ3) is 4.95. The Hall–Kier alpha value is -1.65. The Morgan fingerprint density at radius 2 is 1.92 bits per heavy atom. The van der Waals surface area contributed by atoms with Gasteiger partial charge < -0.3 is 10.4 Å². The SMILES string of the molecule is O=C(NCCCO)C1CCN(S(=O)(=O)c2cccc(C(F)(F)F)c2)CC1. The summed E-state index contributed by atoms with van der Waals surface area (Å²) < 4.78 is 64.7. The smallest absolute Gasteiger partial charge is 0.396 e. The van der Waals surface area contributed by atoms with Crippen LogP contribution in [0.25, 0.3) is 0 Å². The topological polar surface area (TPSA) is 86.7 Å². The van der Waals surface area contributed by atoms with Crippen LogP contribution in [0.2, 0.25) is 0 Å². The number of hydrogen-bond donors (Lipinski definition) is 2. The van der Waals surface area contributed by atoms with Crippen molar-refractivity contribution in [3.05, 3.63) is 29.8 Å². The second kappa shape index (κ2) is 8.36. The van der Waals surface area contributed by atoms with Crippen molar-refractivity contribution < 1.29 is 31.5 Å². The molecule has 10 heteroatoms. The molecule has 0 atom stereocenters. The number of hydrogen-bond acceptors (Lipinski definition) is 4. The first kappa shape index (κ1) is 20.7. The van der Waals surface area contributed by atoms with Gasteiger partial charge in [-0.05, 0) is 37.5 Å². The van der Waals surface area contributed by atoms with E-state index in [-0.39, 0.29) is 31.5 Å². The Bertz CT molecular complexity index is 729. The summed E-state index contributed by atoms with van der Waals surface area (Å²) in [4.78, 5) is 11.6. The number of benzene rings is 1. The molecule has 0 aliphatic carbocycles. The van der Waals surface area contributed by atoms with Crippen molar-refractivity contribution in [1.29, 1.82) is 0 Å². The molecule has 0 spiro atoms. The van der Waals surface area contributed by atoms with E-state index in [4.69, 9.17) is 5.11 Å². The van der Waals surface area contributed by atoms with Crippen molar-refractivity contribution in [3.63, 3.8) is 0 Å². The van der Waals surface area contributed by atoms with E-state index in [0.29, 0.717) is 31.9 Å². The van der Waals surface area contributed by atoms with Gasteiger partial charge in [-0.2, -0.15) is 17.5 Å². The largest absolute Gasteiger partial charge is 0.416 e. The lowest BCUT2D eigenvalue weighted by molar-refractivity contribution is -0.137. The monoisotopic (exact) mass is 394 g/mol. The molecule has 0 radical (unpaired) electrons. The van der Waals surface area contributed by atoms with Crippen molar-refractivity contribution >= 4 is 15.9 Å². The molecule has 1 saturated heterocycles. The third-order valence-corrected chi connectivity index (χ3v) is 6.15. The van der Waals surface area contributed by atoms with E-state index < -0.39 is 26.7 Å². The summed E-state index contributed by atoms with van der Waals surface area (Å²) >= 11 is 0. The molecule has 1 aliphatic heterocycles. The standard InChI is InChI=1S/C16H21F3N2O4S/c17-16(18,19)13-3-1-4-14(11-13)26(24,25)21-8-5-12(6-9-21)15(23)20-7-2-10-22/h1,3-4,11-12,22H,2,5-10H2,(H,20,23). The third-order valence-electron chi connectivity index (χ3n) is 4.26. The molecule has 0 unspecified atom stereocenters. The van der Waals surface area contributed by atoms with Crippen molar-refractivity contribution in [2.45, 2.75) is 30.3 Å². The molecule has 1 aromatic carbocycles. The summed E-state index contributed by atoms with van der Waals surface area (Å²) in [6.45, 7) is 0.444. The number of sulfonamides is 1. The molecule has 2 rings (SSSR count). The maximum atomic E-state index is 12.8. The molecule has 1 aromatic rings. The van der Waals surface area contributed by atoms with E-state index in [2.05, 4.69) is 5.32 Å². The maximum absolute atomic E-state index is 12.8. The van der Waals surface area contributed by atoms with Gasteiger partial charge in [0.25, 0.3) is 0 Å². The first-order valence-corrected chi connectivity index (χ1v) is 9.66. The van der Waals surface area contributed by atoms with Crippen LogP contribution in [0.3, 0.4) is 0 Å². The van der Waals surface area contributed by atoms with Gasteiger partial charge in [-0.1, -0.05) is 6.07 Å². The number of piperidine rings is 1. The van der Waals surface area contributed by atoms with E-state index in [1.54, 1.807) is 0 Å². The lowest BCUT2D eigenvalue weighted by atomic mass is 9.97. The van der Waals surface area contributed by atoms with Gasteiger partial charge in [-0.25, -0.2) is 8.42 Å². The fourth-order valence-corrected chi connectivity index (χ4v) is 4.29. The Morgan fingerprint density at radius 3 is 2.50 bits per heavy atom. The zero-order chi connectivity index (χ0) is 19.4. The Balaban J connectivity index is 2.03. The van der Waals surface area contributed by atoms with Crippen LogP contribution in [0, 0.1) is 5.92 Å². The molecule has 0 aromatic heterocycles. The van der Waals surface area contributed by atoms with Crippen LogP contribution in [0.15, 0.2) is 29.2 Å². The molecule has 1 aliphatic rings. The van der Waals surface area contributed by atoms with Gasteiger partial charge in [0.2, 0.25) is 15.9 Å².